The van der Waals surface area contributed by atoms with Crippen LogP contribution in [0.2, 0.25) is 5.02 Å². The largest absolute Gasteiger partial charge is 0.326 e. The van der Waals surface area contributed by atoms with E-state index in [0.29, 0.717) is 11.4 Å². The predicted molar refractivity (Wildman–Crippen MR) is 106 cm³/mol. The van der Waals surface area contributed by atoms with E-state index in [1.54, 1.807) is 6.07 Å². The highest BCUT2D eigenvalue weighted by Crippen LogP contribution is 2.24. The Bertz CT molecular complexity index is 833. The molecule has 25 heavy (non-hydrogen) atoms. The van der Waals surface area contributed by atoms with Gasteiger partial charge in [-0.2, -0.15) is 0 Å². The van der Waals surface area contributed by atoms with Crippen LogP contribution in [0.4, 0.5) is 11.4 Å². The van der Waals surface area contributed by atoms with Gasteiger partial charge in [-0.3, -0.25) is 15.6 Å². The second-order valence-electron chi connectivity index (χ2n) is 5.28. The number of carbonyl (C=O) groups excluding carboxylic acids is 1. The van der Waals surface area contributed by atoms with Crippen LogP contribution >= 0.6 is 23.4 Å². The first-order valence-electron chi connectivity index (χ1n) is 7.77. The summed E-state index contributed by atoms with van der Waals surface area (Å²) in [4.78, 5) is 15.9. The third-order valence-corrected chi connectivity index (χ3v) is 4.44. The molecule has 0 fully saturated rings. The number of hydrogen-bond donors (Lipinski definition) is 3. The summed E-state index contributed by atoms with van der Waals surface area (Å²) in [6.07, 6.45) is 0.462. The Kier molecular flexibility index (Phi) is 5.63. The lowest BCUT2D eigenvalue weighted by atomic mass is 10.1. The lowest BCUT2D eigenvalue weighted by Crippen LogP contribution is -2.36. The molecule has 1 heterocycles. The number of hydrazine groups is 1. The van der Waals surface area contributed by atoms with E-state index in [9.17, 15) is 4.79 Å². The van der Waals surface area contributed by atoms with E-state index in [1.165, 1.54) is 11.8 Å². The Hall–Kier alpha value is -2.44. The van der Waals surface area contributed by atoms with Gasteiger partial charge in [0, 0.05) is 28.1 Å². The van der Waals surface area contributed by atoms with Gasteiger partial charge in [0.25, 0.3) is 0 Å². The minimum absolute atomic E-state index is 0.00171. The van der Waals surface area contributed by atoms with Gasteiger partial charge >= 0.3 is 0 Å². The maximum absolute atomic E-state index is 11.4. The number of amidine groups is 1. The van der Waals surface area contributed by atoms with Crippen molar-refractivity contribution in [3.05, 3.63) is 64.5 Å². The number of nitrogens with zero attached hydrogens (tertiary/aromatic N) is 1. The van der Waals surface area contributed by atoms with Crippen LogP contribution in [0.5, 0.6) is 0 Å². The van der Waals surface area contributed by atoms with Gasteiger partial charge in [-0.05, 0) is 30.3 Å². The molecule has 7 heteroatoms. The summed E-state index contributed by atoms with van der Waals surface area (Å²) in [5.41, 5.74) is 9.73. The molecule has 0 saturated carbocycles. The number of nitrogens with one attached hydrogen (secondary N) is 3. The molecule has 0 spiro atoms. The second kappa shape index (κ2) is 8.09. The van der Waals surface area contributed by atoms with E-state index in [4.69, 9.17) is 11.6 Å². The zero-order valence-electron chi connectivity index (χ0n) is 13.5. The van der Waals surface area contributed by atoms with Gasteiger partial charge in [-0.15, -0.1) is 0 Å². The Labute approximate surface area is 155 Å². The number of amides is 1. The summed E-state index contributed by atoms with van der Waals surface area (Å²) in [5.74, 6) is 0.00171. The number of aliphatic imine (C=N–C) groups is 1. The van der Waals surface area contributed by atoms with Crippen LogP contribution in [0.25, 0.3) is 5.70 Å². The smallest absolute Gasteiger partial charge is 0.224 e. The molecule has 0 atom stereocenters. The van der Waals surface area contributed by atoms with Gasteiger partial charge < -0.3 is 5.32 Å². The number of halogens is 1. The first kappa shape index (κ1) is 17.4. The highest BCUT2D eigenvalue weighted by Gasteiger charge is 2.10. The van der Waals surface area contributed by atoms with Crippen molar-refractivity contribution in [2.75, 3.05) is 5.32 Å². The summed E-state index contributed by atoms with van der Waals surface area (Å²) in [6.45, 7) is 1.83. The fourth-order valence-corrected chi connectivity index (χ4v) is 3.01. The van der Waals surface area contributed by atoms with Crippen LogP contribution in [0.3, 0.4) is 0 Å². The number of rotatable bonds is 4. The minimum atomic E-state index is 0.00171. The number of anilines is 1. The molecule has 1 aliphatic heterocycles. The molecule has 0 saturated heterocycles. The number of carbonyl (C=O) groups is 1. The van der Waals surface area contributed by atoms with Gasteiger partial charge in [-0.1, -0.05) is 48.5 Å². The maximum Gasteiger partial charge on any atom is 0.224 e. The molecular formula is C18H17ClN4OS. The van der Waals surface area contributed by atoms with Crippen molar-refractivity contribution >= 4 is 51.5 Å². The molecule has 0 radical (unpaired) electrons. The Morgan fingerprint density at radius 3 is 2.64 bits per heavy atom. The zero-order valence-corrected chi connectivity index (χ0v) is 15.1. The van der Waals surface area contributed by atoms with Gasteiger partial charge in [-0.25, -0.2) is 4.99 Å². The average molecular weight is 373 g/mol. The third-order valence-electron chi connectivity index (χ3n) is 3.43. The molecule has 1 aliphatic rings. The first-order valence-corrected chi connectivity index (χ1v) is 9.03. The van der Waals surface area contributed by atoms with Crippen molar-refractivity contribution < 1.29 is 4.79 Å². The molecule has 1 amide bonds. The standard InChI is InChI=1S/C18H17ClN4OS/c1-2-17(24)20-14-8-6-12(7-9-14)16-11-25-18(23-22-16)21-15-5-3-4-13(19)10-15/h3-11,22H,2H2,1H3,(H,20,24)(H,21,23). The fourth-order valence-electron chi connectivity index (χ4n) is 2.13. The molecule has 0 bridgehead atoms. The zero-order chi connectivity index (χ0) is 17.6. The number of thioether (sulfide) groups is 1. The lowest BCUT2D eigenvalue weighted by molar-refractivity contribution is -0.115. The van der Waals surface area contributed by atoms with Crippen molar-refractivity contribution in [2.24, 2.45) is 4.99 Å². The molecule has 128 valence electrons. The molecule has 3 rings (SSSR count). The summed E-state index contributed by atoms with van der Waals surface area (Å²) in [6, 6.07) is 15.0. The summed E-state index contributed by atoms with van der Waals surface area (Å²) < 4.78 is 0. The van der Waals surface area contributed by atoms with Crippen molar-refractivity contribution in [1.82, 2.24) is 10.9 Å². The third kappa shape index (κ3) is 4.78. The maximum atomic E-state index is 11.4. The van der Waals surface area contributed by atoms with Gasteiger partial charge in [0.1, 0.15) is 0 Å². The van der Waals surface area contributed by atoms with Crippen molar-refractivity contribution in [1.29, 1.82) is 0 Å². The highest BCUT2D eigenvalue weighted by atomic mass is 35.5. The molecule has 3 N–H and O–H groups in total. The van der Waals surface area contributed by atoms with E-state index in [2.05, 4.69) is 21.2 Å². The Balaban J connectivity index is 1.67. The molecule has 0 aliphatic carbocycles. The monoisotopic (exact) mass is 372 g/mol. The second-order valence-corrected chi connectivity index (χ2v) is 6.57. The van der Waals surface area contributed by atoms with E-state index >= 15 is 0 Å². The molecule has 0 aromatic heterocycles. The molecule has 5 nitrogen and oxygen atoms in total. The quantitative estimate of drug-likeness (QED) is 0.738. The van der Waals surface area contributed by atoms with Gasteiger partial charge in [0.15, 0.2) is 5.17 Å². The van der Waals surface area contributed by atoms with Crippen LogP contribution in [0, 0.1) is 0 Å². The minimum Gasteiger partial charge on any atom is -0.326 e. The van der Waals surface area contributed by atoms with Crippen LogP contribution in [-0.2, 0) is 4.79 Å². The molecular weight excluding hydrogens is 356 g/mol. The molecule has 2 aromatic carbocycles. The number of benzene rings is 2. The summed E-state index contributed by atoms with van der Waals surface area (Å²) >= 11 is 7.46. The van der Waals surface area contributed by atoms with Crippen molar-refractivity contribution in [3.8, 4) is 0 Å². The van der Waals surface area contributed by atoms with Crippen LogP contribution in [0.1, 0.15) is 18.9 Å². The SMILES string of the molecule is CCC(=O)Nc1ccc(C2=CSC(=Nc3cccc(Cl)c3)NN2)cc1. The van der Waals surface area contributed by atoms with Crippen LogP contribution in [0.15, 0.2) is 58.9 Å². The van der Waals surface area contributed by atoms with E-state index in [0.717, 1.165) is 27.8 Å². The van der Waals surface area contributed by atoms with Crippen LogP contribution in [-0.4, -0.2) is 11.1 Å². The summed E-state index contributed by atoms with van der Waals surface area (Å²) in [7, 11) is 0. The predicted octanol–water partition coefficient (Wildman–Crippen LogP) is 4.52. The first-order chi connectivity index (χ1) is 12.1. The fraction of sp³-hybridized carbons (Fsp3) is 0.111. The van der Waals surface area contributed by atoms with Gasteiger partial charge in [0.05, 0.1) is 11.4 Å². The van der Waals surface area contributed by atoms with E-state index < -0.39 is 0 Å². The molecule has 0 unspecified atom stereocenters. The normalized spacial score (nSPS) is 15.1. The van der Waals surface area contributed by atoms with Crippen molar-refractivity contribution in [3.63, 3.8) is 0 Å². The van der Waals surface area contributed by atoms with Gasteiger partial charge in [0.2, 0.25) is 5.91 Å². The van der Waals surface area contributed by atoms with E-state index in [-0.39, 0.29) is 5.91 Å². The Morgan fingerprint density at radius 1 is 1.20 bits per heavy atom. The number of hydrogen-bond acceptors (Lipinski definition) is 4. The summed E-state index contributed by atoms with van der Waals surface area (Å²) in [5, 5.41) is 6.21. The topological polar surface area (TPSA) is 65.5 Å². The highest BCUT2D eigenvalue weighted by molar-refractivity contribution is 8.16. The van der Waals surface area contributed by atoms with Crippen molar-refractivity contribution in [2.45, 2.75) is 13.3 Å². The lowest BCUT2D eigenvalue weighted by Gasteiger charge is -2.19. The molecule has 2 aromatic rings. The van der Waals surface area contributed by atoms with Crippen LogP contribution < -0.4 is 16.2 Å². The average Bonchev–Trinajstić information content (AvgIpc) is 2.63. The van der Waals surface area contributed by atoms with E-state index in [1.807, 2.05) is 54.8 Å². The Morgan fingerprint density at radius 2 is 2.00 bits per heavy atom.